The normalized spacial score (nSPS) is 17.3. The summed E-state index contributed by atoms with van der Waals surface area (Å²) in [7, 11) is 0. The van der Waals surface area contributed by atoms with Gasteiger partial charge in [-0.25, -0.2) is 4.98 Å². The molecule has 4 rings (SSSR count). The first-order valence-electron chi connectivity index (χ1n) is 7.37. The summed E-state index contributed by atoms with van der Waals surface area (Å²) in [4.78, 5) is 6.01. The van der Waals surface area contributed by atoms with E-state index in [4.69, 9.17) is 0 Å². The second-order valence-electron chi connectivity index (χ2n) is 5.87. The Balaban J connectivity index is 1.63. The molecular weight excluding hydrogens is 276 g/mol. The van der Waals surface area contributed by atoms with Crippen LogP contribution in [0.5, 0.6) is 0 Å². The van der Waals surface area contributed by atoms with Crippen LogP contribution in [0.1, 0.15) is 16.7 Å². The first-order valence-corrected chi connectivity index (χ1v) is 8.25. The number of benzene rings is 2. The Hall–Kier alpha value is -1.74. The van der Waals surface area contributed by atoms with Gasteiger partial charge in [-0.05, 0) is 55.2 Å². The summed E-state index contributed by atoms with van der Waals surface area (Å²) in [6.45, 7) is 5.35. The van der Waals surface area contributed by atoms with Gasteiger partial charge in [0, 0.05) is 16.7 Å². The fourth-order valence-corrected chi connectivity index (χ4v) is 4.35. The minimum atomic E-state index is 0.612. The zero-order chi connectivity index (χ0) is 14.4. The molecule has 1 aliphatic heterocycles. The fourth-order valence-electron chi connectivity index (χ4n) is 3.03. The van der Waals surface area contributed by atoms with Crippen molar-refractivity contribution in [3.05, 3.63) is 59.4 Å². The maximum absolute atomic E-state index is 4.57. The number of rotatable bonds is 2. The van der Waals surface area contributed by atoms with Crippen LogP contribution in [0.4, 0.5) is 0 Å². The molecule has 106 valence electrons. The average Bonchev–Trinajstić information content (AvgIpc) is 3.04. The van der Waals surface area contributed by atoms with Gasteiger partial charge in [0.25, 0.3) is 0 Å². The molecule has 0 spiro atoms. The number of imidazole rings is 1. The van der Waals surface area contributed by atoms with Gasteiger partial charge >= 0.3 is 0 Å². The summed E-state index contributed by atoms with van der Waals surface area (Å²) >= 11 is 2.00. The molecular formula is C18H18N2S. The smallest absolute Gasteiger partial charge is 0.0958 e. The topological polar surface area (TPSA) is 17.8 Å². The molecule has 1 atom stereocenters. The summed E-state index contributed by atoms with van der Waals surface area (Å²) in [5.74, 6) is 0. The molecule has 0 saturated carbocycles. The van der Waals surface area contributed by atoms with Crippen molar-refractivity contribution in [3.63, 3.8) is 0 Å². The van der Waals surface area contributed by atoms with Crippen LogP contribution in [0.2, 0.25) is 0 Å². The largest absolute Gasteiger partial charge is 0.329 e. The van der Waals surface area contributed by atoms with Gasteiger partial charge in [0.05, 0.1) is 17.4 Å². The van der Waals surface area contributed by atoms with Crippen molar-refractivity contribution in [1.82, 2.24) is 9.55 Å². The van der Waals surface area contributed by atoms with Crippen LogP contribution < -0.4 is 0 Å². The Bertz CT molecular complexity index is 794. The highest BCUT2D eigenvalue weighted by Crippen LogP contribution is 2.37. The van der Waals surface area contributed by atoms with Gasteiger partial charge in [0.2, 0.25) is 0 Å². The van der Waals surface area contributed by atoms with Crippen LogP contribution in [0, 0.1) is 13.8 Å². The molecule has 0 N–H and O–H groups in total. The quantitative estimate of drug-likeness (QED) is 0.698. The Morgan fingerprint density at radius 2 is 2.00 bits per heavy atom. The molecule has 0 bridgehead atoms. The molecule has 1 aromatic heterocycles. The lowest BCUT2D eigenvalue weighted by molar-refractivity contribution is 0.680. The van der Waals surface area contributed by atoms with E-state index < -0.39 is 0 Å². The number of hydrogen-bond acceptors (Lipinski definition) is 2. The Kier molecular flexibility index (Phi) is 3.03. The fraction of sp³-hybridized carbons (Fsp3) is 0.278. The molecule has 2 heterocycles. The number of thioether (sulfide) groups is 1. The van der Waals surface area contributed by atoms with Crippen LogP contribution in [-0.4, -0.2) is 14.8 Å². The van der Waals surface area contributed by atoms with Crippen molar-refractivity contribution in [1.29, 1.82) is 0 Å². The molecule has 0 amide bonds. The van der Waals surface area contributed by atoms with E-state index in [9.17, 15) is 0 Å². The van der Waals surface area contributed by atoms with Crippen molar-refractivity contribution in [3.8, 4) is 0 Å². The minimum Gasteiger partial charge on any atom is -0.329 e. The standard InChI is InChI=1S/C18H18N2S/c1-12-7-16-17(8-13(12)2)20(11-19-16)10-15-9-14-5-3-4-6-18(14)21-15/h3-8,11,15H,9-10H2,1-2H3. The van der Waals surface area contributed by atoms with Gasteiger partial charge < -0.3 is 4.57 Å². The average molecular weight is 294 g/mol. The SMILES string of the molecule is Cc1cc2ncn(CC3Cc4ccccc4S3)c2cc1C. The number of fused-ring (bicyclic) bond motifs is 2. The van der Waals surface area contributed by atoms with Gasteiger partial charge in [-0.3, -0.25) is 0 Å². The lowest BCUT2D eigenvalue weighted by atomic mass is 10.1. The molecule has 0 saturated heterocycles. The van der Waals surface area contributed by atoms with Crippen LogP contribution >= 0.6 is 11.8 Å². The van der Waals surface area contributed by atoms with E-state index in [0.29, 0.717) is 5.25 Å². The molecule has 2 aromatic carbocycles. The highest BCUT2D eigenvalue weighted by atomic mass is 32.2. The second kappa shape index (κ2) is 4.92. The van der Waals surface area contributed by atoms with E-state index in [1.54, 1.807) is 0 Å². The molecule has 2 nitrogen and oxygen atoms in total. The van der Waals surface area contributed by atoms with E-state index >= 15 is 0 Å². The van der Waals surface area contributed by atoms with Crippen LogP contribution in [0.15, 0.2) is 47.6 Å². The third-order valence-corrected chi connectivity index (χ3v) is 5.65. The predicted octanol–water partition coefficient (Wildman–Crippen LogP) is 4.37. The third kappa shape index (κ3) is 2.26. The minimum absolute atomic E-state index is 0.612. The van der Waals surface area contributed by atoms with Crippen molar-refractivity contribution >= 4 is 22.8 Å². The van der Waals surface area contributed by atoms with E-state index in [0.717, 1.165) is 18.5 Å². The van der Waals surface area contributed by atoms with Gasteiger partial charge in [0.15, 0.2) is 0 Å². The molecule has 3 heteroatoms. The number of aryl methyl sites for hydroxylation is 2. The summed E-state index contributed by atoms with van der Waals surface area (Å²) in [6, 6.07) is 13.2. The molecule has 0 fully saturated rings. The summed E-state index contributed by atoms with van der Waals surface area (Å²) in [6.07, 6.45) is 3.15. The van der Waals surface area contributed by atoms with Gasteiger partial charge in [-0.1, -0.05) is 18.2 Å². The molecule has 1 unspecified atom stereocenters. The van der Waals surface area contributed by atoms with Gasteiger partial charge in [0.1, 0.15) is 0 Å². The maximum atomic E-state index is 4.57. The predicted molar refractivity (Wildman–Crippen MR) is 89.0 cm³/mol. The van der Waals surface area contributed by atoms with Crippen molar-refractivity contribution in [2.75, 3.05) is 0 Å². The molecule has 0 aliphatic carbocycles. The first kappa shape index (κ1) is 13.0. The van der Waals surface area contributed by atoms with Crippen molar-refractivity contribution in [2.45, 2.75) is 37.0 Å². The highest BCUT2D eigenvalue weighted by molar-refractivity contribution is 8.00. The number of hydrogen-bond donors (Lipinski definition) is 0. The van der Waals surface area contributed by atoms with Crippen molar-refractivity contribution in [2.24, 2.45) is 0 Å². The van der Waals surface area contributed by atoms with Crippen molar-refractivity contribution < 1.29 is 0 Å². The Labute approximate surface area is 129 Å². The van der Waals surface area contributed by atoms with Gasteiger partial charge in [-0.2, -0.15) is 0 Å². The van der Waals surface area contributed by atoms with E-state index in [-0.39, 0.29) is 0 Å². The highest BCUT2D eigenvalue weighted by Gasteiger charge is 2.22. The second-order valence-corrected chi connectivity index (χ2v) is 7.22. The first-order chi connectivity index (χ1) is 10.2. The lowest BCUT2D eigenvalue weighted by Gasteiger charge is -2.11. The van der Waals surface area contributed by atoms with Gasteiger partial charge in [-0.15, -0.1) is 11.8 Å². The summed E-state index contributed by atoms with van der Waals surface area (Å²) in [5.41, 5.74) is 6.51. The van der Waals surface area contributed by atoms with E-state index in [2.05, 4.69) is 59.8 Å². The molecule has 1 aliphatic rings. The number of aromatic nitrogens is 2. The monoisotopic (exact) mass is 294 g/mol. The third-order valence-electron chi connectivity index (χ3n) is 4.35. The molecule has 3 aromatic rings. The van der Waals surface area contributed by atoms with E-state index in [1.165, 1.54) is 27.1 Å². The Morgan fingerprint density at radius 3 is 2.86 bits per heavy atom. The zero-order valence-corrected chi connectivity index (χ0v) is 13.2. The lowest BCUT2D eigenvalue weighted by Crippen LogP contribution is -2.11. The van der Waals surface area contributed by atoms with Crippen LogP contribution in [0.3, 0.4) is 0 Å². The van der Waals surface area contributed by atoms with Crippen LogP contribution in [-0.2, 0) is 13.0 Å². The van der Waals surface area contributed by atoms with E-state index in [1.807, 2.05) is 18.1 Å². The summed E-state index contributed by atoms with van der Waals surface area (Å²) < 4.78 is 2.31. The maximum Gasteiger partial charge on any atom is 0.0958 e. The molecule has 21 heavy (non-hydrogen) atoms. The number of nitrogens with zero attached hydrogens (tertiary/aromatic N) is 2. The summed E-state index contributed by atoms with van der Waals surface area (Å²) in [5, 5.41) is 0.612. The molecule has 0 radical (unpaired) electrons. The zero-order valence-electron chi connectivity index (χ0n) is 12.3. The Morgan fingerprint density at radius 1 is 1.19 bits per heavy atom. The van der Waals surface area contributed by atoms with Crippen LogP contribution in [0.25, 0.3) is 11.0 Å².